The van der Waals surface area contributed by atoms with Crippen LogP contribution in [0, 0.1) is 0 Å². The van der Waals surface area contributed by atoms with Gasteiger partial charge in [0.05, 0.1) is 19.7 Å². The van der Waals surface area contributed by atoms with Crippen molar-refractivity contribution in [2.75, 3.05) is 6.61 Å². The normalized spacial score (nSPS) is 10.9. The van der Waals surface area contributed by atoms with Gasteiger partial charge in [0.15, 0.2) is 11.9 Å². The zero-order valence-corrected chi connectivity index (χ0v) is 13.0. The topological polar surface area (TPSA) is 161 Å². The second-order valence-corrected chi connectivity index (χ2v) is 4.66. The Morgan fingerprint density at radius 3 is 2.42 bits per heavy atom. The molecule has 1 N–H and O–H groups in total. The summed E-state index contributed by atoms with van der Waals surface area (Å²) < 4.78 is 4.64. The molecule has 0 aliphatic carbocycles. The van der Waals surface area contributed by atoms with E-state index in [0.29, 0.717) is 11.1 Å². The number of azide groups is 2. The van der Waals surface area contributed by atoms with Crippen molar-refractivity contribution in [1.29, 1.82) is 0 Å². The summed E-state index contributed by atoms with van der Waals surface area (Å²) in [6.07, 6.45) is -1.96. The lowest BCUT2D eigenvalue weighted by Gasteiger charge is -2.11. The standard InChI is InChI=1S/C14H16N6O4/c1-2-24-14(23)13(22)6-12(21)9-3-4-10(7-17-19-15)11(5-9)8-18-20-16/h3-5,13,22H,2,6-8H2,1H3. The molecular formula is C14H16N6O4. The zero-order chi connectivity index (χ0) is 17.9. The number of aliphatic hydroxyl groups is 1. The number of carbonyl (C=O) groups excluding carboxylic acids is 2. The van der Waals surface area contributed by atoms with Gasteiger partial charge >= 0.3 is 5.97 Å². The fraction of sp³-hybridized carbons (Fsp3) is 0.429. The number of carbonyl (C=O) groups is 2. The number of Topliss-reactive ketones (excluding diaryl/α,β-unsaturated/α-hetero) is 1. The largest absolute Gasteiger partial charge is 0.464 e. The molecule has 0 aliphatic heterocycles. The van der Waals surface area contributed by atoms with Crippen LogP contribution in [0.15, 0.2) is 28.4 Å². The molecule has 1 aromatic rings. The maximum atomic E-state index is 12.2. The summed E-state index contributed by atoms with van der Waals surface area (Å²) >= 11 is 0. The smallest absolute Gasteiger partial charge is 0.335 e. The Labute approximate surface area is 137 Å². The van der Waals surface area contributed by atoms with Gasteiger partial charge in [0.1, 0.15) is 0 Å². The summed E-state index contributed by atoms with van der Waals surface area (Å²) in [6, 6.07) is 4.54. The molecule has 0 radical (unpaired) electrons. The second-order valence-electron chi connectivity index (χ2n) is 4.66. The van der Waals surface area contributed by atoms with Gasteiger partial charge in [-0.05, 0) is 35.2 Å². The Balaban J connectivity index is 2.98. The van der Waals surface area contributed by atoms with Crippen molar-refractivity contribution in [3.8, 4) is 0 Å². The summed E-state index contributed by atoms with van der Waals surface area (Å²) in [7, 11) is 0. The van der Waals surface area contributed by atoms with Crippen LogP contribution >= 0.6 is 0 Å². The molecule has 0 fully saturated rings. The van der Waals surface area contributed by atoms with Crippen LogP contribution in [-0.4, -0.2) is 29.6 Å². The Hall–Kier alpha value is -3.06. The predicted molar refractivity (Wildman–Crippen MR) is 83.7 cm³/mol. The number of aliphatic hydroxyl groups excluding tert-OH is 1. The fourth-order valence-electron chi connectivity index (χ4n) is 1.93. The predicted octanol–water partition coefficient (Wildman–Crippen LogP) is 2.80. The molecule has 10 nitrogen and oxygen atoms in total. The highest BCUT2D eigenvalue weighted by Gasteiger charge is 2.21. The average molecular weight is 332 g/mol. The van der Waals surface area contributed by atoms with E-state index >= 15 is 0 Å². The van der Waals surface area contributed by atoms with Gasteiger partial charge in [-0.25, -0.2) is 4.79 Å². The van der Waals surface area contributed by atoms with Gasteiger partial charge in [-0.1, -0.05) is 22.4 Å². The van der Waals surface area contributed by atoms with Crippen LogP contribution in [0.4, 0.5) is 0 Å². The first-order chi connectivity index (χ1) is 11.5. The van der Waals surface area contributed by atoms with Crippen LogP contribution in [0.1, 0.15) is 34.8 Å². The molecule has 0 spiro atoms. The third kappa shape index (κ3) is 5.62. The van der Waals surface area contributed by atoms with Crippen LogP contribution in [-0.2, 0) is 22.6 Å². The molecule has 10 heteroatoms. The average Bonchev–Trinajstić information content (AvgIpc) is 2.58. The van der Waals surface area contributed by atoms with E-state index in [0.717, 1.165) is 0 Å². The number of hydrogen-bond donors (Lipinski definition) is 1. The van der Waals surface area contributed by atoms with E-state index in [-0.39, 0.29) is 25.3 Å². The molecule has 0 amide bonds. The molecule has 0 heterocycles. The van der Waals surface area contributed by atoms with E-state index in [1.807, 2.05) is 0 Å². The van der Waals surface area contributed by atoms with Crippen LogP contribution in [0.2, 0.25) is 0 Å². The molecule has 1 unspecified atom stereocenters. The number of hydrogen-bond acceptors (Lipinski definition) is 6. The highest BCUT2D eigenvalue weighted by atomic mass is 16.5. The summed E-state index contributed by atoms with van der Waals surface area (Å²) in [5.41, 5.74) is 18.2. The number of nitrogens with zero attached hydrogens (tertiary/aromatic N) is 6. The maximum absolute atomic E-state index is 12.2. The van der Waals surface area contributed by atoms with Crippen LogP contribution in [0.3, 0.4) is 0 Å². The van der Waals surface area contributed by atoms with E-state index < -0.39 is 24.3 Å². The van der Waals surface area contributed by atoms with Crippen LogP contribution < -0.4 is 0 Å². The monoisotopic (exact) mass is 332 g/mol. The fourth-order valence-corrected chi connectivity index (χ4v) is 1.93. The second kappa shape index (κ2) is 9.86. The number of rotatable bonds is 9. The minimum absolute atomic E-state index is 0.0195. The van der Waals surface area contributed by atoms with Crippen molar-refractivity contribution in [3.05, 3.63) is 55.8 Å². The summed E-state index contributed by atoms with van der Waals surface area (Å²) in [5.74, 6) is -1.33. The zero-order valence-electron chi connectivity index (χ0n) is 13.0. The molecule has 0 aliphatic rings. The van der Waals surface area contributed by atoms with E-state index in [1.54, 1.807) is 13.0 Å². The lowest BCUT2D eigenvalue weighted by Crippen LogP contribution is -2.26. The maximum Gasteiger partial charge on any atom is 0.335 e. The number of esters is 1. The van der Waals surface area contributed by atoms with Crippen LogP contribution in [0.5, 0.6) is 0 Å². The molecule has 0 aromatic heterocycles. The van der Waals surface area contributed by atoms with Crippen molar-refractivity contribution >= 4 is 11.8 Å². The first kappa shape index (κ1) is 19.0. The van der Waals surface area contributed by atoms with Crippen LogP contribution in [0.25, 0.3) is 20.9 Å². The van der Waals surface area contributed by atoms with Crippen molar-refractivity contribution < 1.29 is 19.4 Å². The minimum atomic E-state index is -1.54. The highest BCUT2D eigenvalue weighted by Crippen LogP contribution is 2.17. The molecule has 0 bridgehead atoms. The first-order valence-electron chi connectivity index (χ1n) is 7.04. The van der Waals surface area contributed by atoms with E-state index in [2.05, 4.69) is 24.8 Å². The lowest BCUT2D eigenvalue weighted by atomic mass is 9.99. The van der Waals surface area contributed by atoms with Crippen molar-refractivity contribution in [1.82, 2.24) is 0 Å². The van der Waals surface area contributed by atoms with E-state index in [1.165, 1.54) is 12.1 Å². The third-order valence-electron chi connectivity index (χ3n) is 3.07. The molecule has 0 saturated carbocycles. The molecule has 1 rings (SSSR count). The molecule has 24 heavy (non-hydrogen) atoms. The number of benzene rings is 1. The Bertz CT molecular complexity index is 707. The Morgan fingerprint density at radius 2 is 1.83 bits per heavy atom. The summed E-state index contributed by atoms with van der Waals surface area (Å²) in [5, 5.41) is 16.5. The van der Waals surface area contributed by atoms with Gasteiger partial charge in [-0.3, -0.25) is 4.79 Å². The van der Waals surface area contributed by atoms with Crippen molar-refractivity contribution in [2.45, 2.75) is 32.5 Å². The number of ketones is 1. The van der Waals surface area contributed by atoms with Gasteiger partial charge in [0.25, 0.3) is 0 Å². The van der Waals surface area contributed by atoms with E-state index in [4.69, 9.17) is 11.1 Å². The van der Waals surface area contributed by atoms with Gasteiger partial charge in [-0.2, -0.15) is 0 Å². The van der Waals surface area contributed by atoms with Crippen molar-refractivity contribution in [3.63, 3.8) is 0 Å². The Morgan fingerprint density at radius 1 is 1.21 bits per heavy atom. The quantitative estimate of drug-likeness (QED) is 0.242. The SMILES string of the molecule is CCOC(=O)C(O)CC(=O)c1ccc(CN=[N+]=[N-])c(CN=[N+]=[N-])c1. The minimum Gasteiger partial charge on any atom is -0.464 e. The van der Waals surface area contributed by atoms with Gasteiger partial charge in [0.2, 0.25) is 0 Å². The molecule has 1 aromatic carbocycles. The Kier molecular flexibility index (Phi) is 7.80. The lowest BCUT2D eigenvalue weighted by molar-refractivity contribution is -0.152. The third-order valence-corrected chi connectivity index (χ3v) is 3.07. The number of ether oxygens (including phenoxy) is 1. The van der Waals surface area contributed by atoms with Gasteiger partial charge in [0, 0.05) is 21.8 Å². The molecule has 126 valence electrons. The van der Waals surface area contributed by atoms with Gasteiger partial charge < -0.3 is 9.84 Å². The summed E-state index contributed by atoms with van der Waals surface area (Å²) in [6.45, 7) is 1.73. The van der Waals surface area contributed by atoms with Crippen molar-refractivity contribution in [2.24, 2.45) is 10.2 Å². The van der Waals surface area contributed by atoms with Gasteiger partial charge in [-0.15, -0.1) is 0 Å². The highest BCUT2D eigenvalue weighted by molar-refractivity contribution is 5.98. The molecule has 1 atom stereocenters. The molecular weight excluding hydrogens is 316 g/mol. The summed E-state index contributed by atoms with van der Waals surface area (Å²) in [4.78, 5) is 28.8. The van der Waals surface area contributed by atoms with E-state index in [9.17, 15) is 14.7 Å². The molecule has 0 saturated heterocycles. The first-order valence-corrected chi connectivity index (χ1v) is 7.04.